The van der Waals surface area contributed by atoms with Crippen LogP contribution in [0.25, 0.3) is 0 Å². The second-order valence-corrected chi connectivity index (χ2v) is 6.34. The highest BCUT2D eigenvalue weighted by molar-refractivity contribution is 5.93. The minimum Gasteiger partial charge on any atom is -0.455 e. The van der Waals surface area contributed by atoms with Crippen LogP contribution in [0.4, 0.5) is 0 Å². The summed E-state index contributed by atoms with van der Waals surface area (Å²) >= 11 is 0. The van der Waals surface area contributed by atoms with Crippen molar-refractivity contribution in [2.75, 3.05) is 0 Å². The number of nitrogens with one attached hydrogen (secondary N) is 2. The van der Waals surface area contributed by atoms with Crippen LogP contribution in [0.5, 0.6) is 0 Å². The van der Waals surface area contributed by atoms with E-state index in [1.807, 2.05) is 46.8 Å². The highest BCUT2D eigenvalue weighted by Crippen LogP contribution is 2.39. The molecule has 5 heteroatoms. The molecular weight excluding hydrogens is 280 g/mol. The molecule has 2 N–H and O–H groups in total. The van der Waals surface area contributed by atoms with Crippen LogP contribution in [0.3, 0.4) is 0 Å². The van der Waals surface area contributed by atoms with E-state index in [2.05, 4.69) is 10.5 Å². The van der Waals surface area contributed by atoms with Crippen LogP contribution < -0.4 is 10.5 Å². The zero-order valence-corrected chi connectivity index (χ0v) is 13.7. The van der Waals surface area contributed by atoms with Gasteiger partial charge in [0.05, 0.1) is 6.08 Å². The first-order chi connectivity index (χ1) is 10.2. The second-order valence-electron chi connectivity index (χ2n) is 6.34. The summed E-state index contributed by atoms with van der Waals surface area (Å²) in [6.07, 6.45) is 3.21. The van der Waals surface area contributed by atoms with E-state index in [1.54, 1.807) is 24.4 Å². The SMILES string of the molecule is Cc1ccc(C(=O)N[NH+]=CC=C2OC(C)(C)C(C)(C)O2)cc1. The lowest BCUT2D eigenvalue weighted by Gasteiger charge is -2.28. The summed E-state index contributed by atoms with van der Waals surface area (Å²) in [5, 5.41) is 2.72. The Morgan fingerprint density at radius 3 is 2.18 bits per heavy atom. The Hall–Kier alpha value is -2.30. The maximum atomic E-state index is 11.9. The van der Waals surface area contributed by atoms with Crippen LogP contribution in [0, 0.1) is 6.92 Å². The molecule has 2 rings (SSSR count). The van der Waals surface area contributed by atoms with Gasteiger partial charge >= 0.3 is 5.91 Å². The Morgan fingerprint density at radius 2 is 1.64 bits per heavy atom. The van der Waals surface area contributed by atoms with Crippen LogP contribution in [0.15, 0.2) is 36.3 Å². The number of carbonyl (C=O) groups is 1. The van der Waals surface area contributed by atoms with E-state index in [0.717, 1.165) is 5.56 Å². The van der Waals surface area contributed by atoms with E-state index < -0.39 is 11.2 Å². The van der Waals surface area contributed by atoms with Gasteiger partial charge in [-0.05, 0) is 46.8 Å². The number of amides is 1. The van der Waals surface area contributed by atoms with Crippen molar-refractivity contribution < 1.29 is 19.4 Å². The maximum Gasteiger partial charge on any atom is 0.304 e. The Labute approximate surface area is 131 Å². The summed E-state index contributed by atoms with van der Waals surface area (Å²) in [7, 11) is 0. The van der Waals surface area contributed by atoms with Crippen molar-refractivity contribution in [3.63, 3.8) is 0 Å². The second kappa shape index (κ2) is 5.83. The number of hydrogen-bond donors (Lipinski definition) is 2. The molecular formula is C17H23N2O3+. The first-order valence-electron chi connectivity index (χ1n) is 7.25. The Bertz CT molecular complexity index is 595. The van der Waals surface area contributed by atoms with E-state index >= 15 is 0 Å². The monoisotopic (exact) mass is 303 g/mol. The predicted octanol–water partition coefficient (Wildman–Crippen LogP) is 1.24. The normalized spacial score (nSPS) is 18.7. The number of allylic oxidation sites excluding steroid dienone is 1. The topological polar surface area (TPSA) is 61.5 Å². The summed E-state index contributed by atoms with van der Waals surface area (Å²) in [5.74, 6) is 0.218. The molecule has 0 unspecified atom stereocenters. The van der Waals surface area contributed by atoms with Gasteiger partial charge in [0.1, 0.15) is 11.2 Å². The molecule has 1 amide bonds. The van der Waals surface area contributed by atoms with E-state index in [9.17, 15) is 4.79 Å². The molecule has 0 bridgehead atoms. The van der Waals surface area contributed by atoms with Gasteiger partial charge in [-0.25, -0.2) is 0 Å². The van der Waals surface area contributed by atoms with Crippen molar-refractivity contribution in [1.29, 1.82) is 0 Å². The number of hydrazone groups is 1. The molecule has 0 radical (unpaired) electrons. The molecule has 0 spiro atoms. The zero-order valence-electron chi connectivity index (χ0n) is 13.7. The lowest BCUT2D eigenvalue weighted by atomic mass is 9.90. The fourth-order valence-electron chi connectivity index (χ4n) is 1.83. The lowest BCUT2D eigenvalue weighted by Crippen LogP contribution is -2.81. The van der Waals surface area contributed by atoms with Crippen molar-refractivity contribution >= 4 is 12.1 Å². The van der Waals surface area contributed by atoms with Crippen molar-refractivity contribution in [3.05, 3.63) is 47.4 Å². The molecule has 22 heavy (non-hydrogen) atoms. The molecule has 1 aliphatic heterocycles. The van der Waals surface area contributed by atoms with Crippen LogP contribution in [0.2, 0.25) is 0 Å². The maximum absolute atomic E-state index is 11.9. The quantitative estimate of drug-likeness (QED) is 0.652. The lowest BCUT2D eigenvalue weighted by molar-refractivity contribution is -0.502. The predicted molar refractivity (Wildman–Crippen MR) is 84.1 cm³/mol. The molecule has 1 aromatic carbocycles. The minimum absolute atomic E-state index is 0.205. The molecule has 118 valence electrons. The number of benzene rings is 1. The summed E-state index contributed by atoms with van der Waals surface area (Å²) in [4.78, 5) is 11.9. The van der Waals surface area contributed by atoms with Gasteiger partial charge in [-0.2, -0.15) is 0 Å². The molecule has 1 aliphatic rings. The zero-order chi connectivity index (χ0) is 16.4. The van der Waals surface area contributed by atoms with Gasteiger partial charge in [0, 0.05) is 5.56 Å². The first kappa shape index (κ1) is 16.1. The van der Waals surface area contributed by atoms with Gasteiger partial charge in [0.2, 0.25) is 0 Å². The highest BCUT2D eigenvalue weighted by atomic mass is 16.7. The number of aryl methyl sites for hydroxylation is 1. The molecule has 1 heterocycles. The number of carbonyl (C=O) groups excluding carboxylic acids is 1. The summed E-state index contributed by atoms with van der Waals surface area (Å²) < 4.78 is 11.4. The van der Waals surface area contributed by atoms with Crippen LogP contribution in [-0.2, 0) is 9.47 Å². The third-order valence-corrected chi connectivity index (χ3v) is 3.96. The number of rotatable bonds is 3. The van der Waals surface area contributed by atoms with Crippen molar-refractivity contribution in [1.82, 2.24) is 5.43 Å². The number of hydrogen-bond acceptors (Lipinski definition) is 3. The summed E-state index contributed by atoms with van der Waals surface area (Å²) in [6.45, 7) is 9.87. The third-order valence-electron chi connectivity index (χ3n) is 3.96. The number of hydrazine groups is 1. The average molecular weight is 303 g/mol. The minimum atomic E-state index is -0.405. The smallest absolute Gasteiger partial charge is 0.304 e. The molecule has 1 aromatic rings. The standard InChI is InChI=1S/C17H22N2O3/c1-12-6-8-13(9-7-12)15(20)19-18-11-10-14-21-16(2,3)17(4,5)22-14/h6-11H,1-5H3,(H,19,20)/p+1. The van der Waals surface area contributed by atoms with Crippen LogP contribution >= 0.6 is 0 Å². The molecule has 0 saturated carbocycles. The Balaban J connectivity index is 1.93. The van der Waals surface area contributed by atoms with E-state index in [4.69, 9.17) is 9.47 Å². The Kier molecular flexibility index (Phi) is 4.26. The van der Waals surface area contributed by atoms with E-state index in [1.165, 1.54) is 0 Å². The van der Waals surface area contributed by atoms with Gasteiger partial charge < -0.3 is 9.47 Å². The fourth-order valence-corrected chi connectivity index (χ4v) is 1.83. The molecule has 1 saturated heterocycles. The Morgan fingerprint density at radius 1 is 1.09 bits per heavy atom. The van der Waals surface area contributed by atoms with Gasteiger partial charge in [0.15, 0.2) is 6.21 Å². The van der Waals surface area contributed by atoms with Gasteiger partial charge in [-0.15, -0.1) is 10.5 Å². The average Bonchev–Trinajstić information content (AvgIpc) is 2.63. The summed E-state index contributed by atoms with van der Waals surface area (Å²) in [5.41, 5.74) is 3.48. The first-order valence-corrected chi connectivity index (χ1v) is 7.25. The molecule has 5 nitrogen and oxygen atoms in total. The number of ether oxygens (including phenoxy) is 2. The molecule has 0 aromatic heterocycles. The fraction of sp³-hybridized carbons (Fsp3) is 0.412. The third kappa shape index (κ3) is 3.47. The molecule has 0 aliphatic carbocycles. The van der Waals surface area contributed by atoms with Crippen LogP contribution in [0.1, 0.15) is 43.6 Å². The van der Waals surface area contributed by atoms with Gasteiger partial charge in [0.25, 0.3) is 5.95 Å². The van der Waals surface area contributed by atoms with Crippen molar-refractivity contribution in [2.24, 2.45) is 0 Å². The molecule has 0 atom stereocenters. The van der Waals surface area contributed by atoms with Gasteiger partial charge in [-0.3, -0.25) is 4.79 Å². The van der Waals surface area contributed by atoms with Gasteiger partial charge in [-0.1, -0.05) is 17.7 Å². The van der Waals surface area contributed by atoms with E-state index in [0.29, 0.717) is 11.5 Å². The summed E-state index contributed by atoms with van der Waals surface area (Å²) in [6, 6.07) is 7.34. The van der Waals surface area contributed by atoms with Crippen LogP contribution in [-0.4, -0.2) is 23.3 Å². The largest absolute Gasteiger partial charge is 0.455 e. The van der Waals surface area contributed by atoms with Crippen molar-refractivity contribution in [3.8, 4) is 0 Å². The molecule has 1 fully saturated rings. The van der Waals surface area contributed by atoms with Crippen molar-refractivity contribution in [2.45, 2.75) is 45.8 Å². The van der Waals surface area contributed by atoms with E-state index in [-0.39, 0.29) is 5.91 Å². The highest BCUT2D eigenvalue weighted by Gasteiger charge is 2.48.